The molecule has 1 N–H and O–H groups in total. The van der Waals surface area contributed by atoms with Crippen LogP contribution in [0.15, 0.2) is 54.9 Å². The minimum Gasteiger partial charge on any atom is -0.494 e. The average Bonchev–Trinajstić information content (AvgIpc) is 2.88. The summed E-state index contributed by atoms with van der Waals surface area (Å²) in [5.74, 6) is -0.144. The Bertz CT molecular complexity index is 787. The third kappa shape index (κ3) is 2.36. The van der Waals surface area contributed by atoms with Crippen LogP contribution in [0.1, 0.15) is 17.3 Å². The topological polar surface area (TPSA) is 50.9 Å². The molecule has 0 fully saturated rings. The number of aromatic nitrogens is 1. The van der Waals surface area contributed by atoms with Crippen LogP contribution >= 0.6 is 0 Å². The second-order valence-electron chi connectivity index (χ2n) is 4.67. The van der Waals surface area contributed by atoms with Crippen molar-refractivity contribution in [3.05, 3.63) is 60.4 Å². The van der Waals surface area contributed by atoms with Gasteiger partial charge in [-0.3, -0.25) is 0 Å². The van der Waals surface area contributed by atoms with Gasteiger partial charge in [-0.05, 0) is 36.8 Å². The number of carboxylic acid groups (broad SMARTS) is 1. The fourth-order valence-electron chi connectivity index (χ4n) is 2.46. The molecule has 4 heteroatoms. The maximum absolute atomic E-state index is 11.6. The van der Waals surface area contributed by atoms with Crippen LogP contribution in [-0.2, 0) is 0 Å². The van der Waals surface area contributed by atoms with E-state index in [0.717, 1.165) is 11.3 Å². The van der Waals surface area contributed by atoms with Crippen LogP contribution in [-0.4, -0.2) is 22.1 Å². The summed E-state index contributed by atoms with van der Waals surface area (Å²) in [4.78, 5) is 11.6. The lowest BCUT2D eigenvalue weighted by atomic mass is 10.0. The molecule has 0 radical (unpaired) electrons. The van der Waals surface area contributed by atoms with E-state index in [1.807, 2.05) is 66.2 Å². The normalized spacial score (nSPS) is 10.7. The summed E-state index contributed by atoms with van der Waals surface area (Å²) in [5.41, 5.74) is 2.57. The van der Waals surface area contributed by atoms with E-state index < -0.39 is 5.97 Å². The van der Waals surface area contributed by atoms with Gasteiger partial charge in [-0.15, -0.1) is 0 Å². The first-order valence-corrected chi connectivity index (χ1v) is 6.77. The molecule has 0 unspecified atom stereocenters. The Labute approximate surface area is 122 Å². The van der Waals surface area contributed by atoms with Gasteiger partial charge in [0, 0.05) is 18.0 Å². The molecule has 0 saturated heterocycles. The zero-order valence-corrected chi connectivity index (χ0v) is 11.6. The summed E-state index contributed by atoms with van der Waals surface area (Å²) >= 11 is 0. The van der Waals surface area contributed by atoms with E-state index in [1.54, 1.807) is 0 Å². The smallest absolute Gasteiger partial charge is 0.338 e. The van der Waals surface area contributed by atoms with E-state index in [4.69, 9.17) is 4.74 Å². The molecule has 0 aliphatic rings. The number of hydrogen-bond donors (Lipinski definition) is 1. The van der Waals surface area contributed by atoms with Gasteiger partial charge in [-0.2, -0.15) is 0 Å². The van der Waals surface area contributed by atoms with Gasteiger partial charge < -0.3 is 14.2 Å². The van der Waals surface area contributed by atoms with Crippen LogP contribution in [0.2, 0.25) is 0 Å². The van der Waals surface area contributed by atoms with E-state index in [0.29, 0.717) is 23.3 Å². The molecule has 2 heterocycles. The third-order valence-electron chi connectivity index (χ3n) is 3.37. The highest BCUT2D eigenvalue weighted by Crippen LogP contribution is 2.30. The van der Waals surface area contributed by atoms with E-state index in [1.165, 1.54) is 0 Å². The first-order valence-electron chi connectivity index (χ1n) is 6.77. The predicted octanol–water partition coefficient (Wildman–Crippen LogP) is 3.70. The molecule has 4 nitrogen and oxygen atoms in total. The van der Waals surface area contributed by atoms with Crippen molar-refractivity contribution in [1.29, 1.82) is 0 Å². The van der Waals surface area contributed by atoms with Crippen LogP contribution in [0, 0.1) is 0 Å². The van der Waals surface area contributed by atoms with Gasteiger partial charge in [0.05, 0.1) is 17.7 Å². The second-order valence-corrected chi connectivity index (χ2v) is 4.67. The zero-order chi connectivity index (χ0) is 14.8. The van der Waals surface area contributed by atoms with E-state index in [9.17, 15) is 9.90 Å². The first kappa shape index (κ1) is 13.2. The van der Waals surface area contributed by atoms with Crippen LogP contribution in [0.5, 0.6) is 5.75 Å². The van der Waals surface area contributed by atoms with E-state index in [-0.39, 0.29) is 0 Å². The largest absolute Gasteiger partial charge is 0.494 e. The number of ether oxygens (including phenoxy) is 1. The molecule has 0 saturated carbocycles. The van der Waals surface area contributed by atoms with Crippen molar-refractivity contribution < 1.29 is 14.6 Å². The molecule has 3 aromatic rings. The lowest BCUT2D eigenvalue weighted by molar-refractivity contribution is 0.0700. The van der Waals surface area contributed by atoms with Crippen LogP contribution in [0.4, 0.5) is 0 Å². The highest BCUT2D eigenvalue weighted by atomic mass is 16.5. The molecule has 0 bridgehead atoms. The molecule has 0 aliphatic carbocycles. The number of nitrogens with zero attached hydrogens (tertiary/aromatic N) is 1. The van der Waals surface area contributed by atoms with Crippen molar-refractivity contribution in [2.24, 2.45) is 0 Å². The standard InChI is InChI=1S/C17H15NO3/c1-2-21-13-8-6-12(7-9-13)14-11-18-10-4-3-5-15(18)16(14)17(19)20/h3-11H,2H2,1H3,(H,19,20). The molecular formula is C17H15NO3. The fraction of sp³-hybridized carbons (Fsp3) is 0.118. The molecule has 106 valence electrons. The number of carboxylic acids is 1. The second kappa shape index (κ2) is 5.32. The number of pyridine rings is 1. The monoisotopic (exact) mass is 281 g/mol. The number of fused-ring (bicyclic) bond motifs is 1. The third-order valence-corrected chi connectivity index (χ3v) is 3.37. The highest BCUT2D eigenvalue weighted by Gasteiger charge is 2.18. The minimum absolute atomic E-state index is 0.319. The van der Waals surface area contributed by atoms with Crippen molar-refractivity contribution in [3.63, 3.8) is 0 Å². The summed E-state index contributed by atoms with van der Waals surface area (Å²) < 4.78 is 7.24. The summed E-state index contributed by atoms with van der Waals surface area (Å²) in [6.07, 6.45) is 3.69. The molecule has 0 spiro atoms. The Morgan fingerprint density at radius 2 is 1.95 bits per heavy atom. The molecule has 0 aliphatic heterocycles. The summed E-state index contributed by atoms with van der Waals surface area (Å²) in [6, 6.07) is 13.0. The zero-order valence-electron chi connectivity index (χ0n) is 11.6. The Kier molecular flexibility index (Phi) is 3.36. The molecule has 0 atom stereocenters. The molecule has 2 aromatic heterocycles. The SMILES string of the molecule is CCOc1ccc(-c2cn3ccccc3c2C(=O)O)cc1. The minimum atomic E-state index is -0.924. The Morgan fingerprint density at radius 3 is 2.62 bits per heavy atom. The van der Waals surface area contributed by atoms with Gasteiger partial charge in [0.2, 0.25) is 0 Å². The Balaban J connectivity index is 2.15. The first-order chi connectivity index (χ1) is 10.2. The van der Waals surface area contributed by atoms with Gasteiger partial charge in [0.1, 0.15) is 5.75 Å². The van der Waals surface area contributed by atoms with Crippen molar-refractivity contribution in [2.45, 2.75) is 6.92 Å². The number of hydrogen-bond acceptors (Lipinski definition) is 2. The lowest BCUT2D eigenvalue weighted by Gasteiger charge is -2.04. The van der Waals surface area contributed by atoms with Crippen molar-refractivity contribution in [1.82, 2.24) is 4.40 Å². The molecule has 3 rings (SSSR count). The summed E-state index contributed by atoms with van der Waals surface area (Å²) in [6.45, 7) is 2.53. The highest BCUT2D eigenvalue weighted by molar-refractivity contribution is 6.03. The van der Waals surface area contributed by atoms with Crippen LogP contribution in [0.25, 0.3) is 16.6 Å². The molecule has 0 amide bonds. The van der Waals surface area contributed by atoms with Gasteiger partial charge in [-0.25, -0.2) is 4.79 Å². The van der Waals surface area contributed by atoms with Gasteiger partial charge in [0.25, 0.3) is 0 Å². The average molecular weight is 281 g/mol. The lowest BCUT2D eigenvalue weighted by Crippen LogP contribution is -1.97. The summed E-state index contributed by atoms with van der Waals surface area (Å²) in [7, 11) is 0. The van der Waals surface area contributed by atoms with Crippen molar-refractivity contribution in [2.75, 3.05) is 6.61 Å². The Morgan fingerprint density at radius 1 is 1.19 bits per heavy atom. The van der Waals surface area contributed by atoms with Crippen LogP contribution < -0.4 is 4.74 Å². The van der Waals surface area contributed by atoms with Gasteiger partial charge >= 0.3 is 5.97 Å². The van der Waals surface area contributed by atoms with Crippen molar-refractivity contribution in [3.8, 4) is 16.9 Å². The number of rotatable bonds is 4. The quantitative estimate of drug-likeness (QED) is 0.793. The van der Waals surface area contributed by atoms with Crippen molar-refractivity contribution >= 4 is 11.5 Å². The van der Waals surface area contributed by atoms with Crippen LogP contribution in [0.3, 0.4) is 0 Å². The van der Waals surface area contributed by atoms with E-state index >= 15 is 0 Å². The molecule has 1 aromatic carbocycles. The Hall–Kier alpha value is -2.75. The molecule has 21 heavy (non-hydrogen) atoms. The summed E-state index contributed by atoms with van der Waals surface area (Å²) in [5, 5.41) is 9.51. The predicted molar refractivity (Wildman–Crippen MR) is 81.0 cm³/mol. The number of aromatic carboxylic acids is 1. The fourth-order valence-corrected chi connectivity index (χ4v) is 2.46. The maximum Gasteiger partial charge on any atom is 0.338 e. The maximum atomic E-state index is 11.6. The van der Waals surface area contributed by atoms with Gasteiger partial charge in [0.15, 0.2) is 0 Å². The number of benzene rings is 1. The van der Waals surface area contributed by atoms with Gasteiger partial charge in [-0.1, -0.05) is 18.2 Å². The number of carbonyl (C=O) groups is 1. The van der Waals surface area contributed by atoms with E-state index in [2.05, 4.69) is 0 Å². The molecular weight excluding hydrogens is 266 g/mol.